The van der Waals surface area contributed by atoms with E-state index >= 15 is 0 Å². The highest BCUT2D eigenvalue weighted by molar-refractivity contribution is 7.80. The number of thiophene rings is 1. The zero-order valence-corrected chi connectivity index (χ0v) is 16.4. The number of ether oxygens (including phenoxy) is 1. The molecule has 0 fully saturated rings. The second-order valence-corrected chi connectivity index (χ2v) is 7.07. The van der Waals surface area contributed by atoms with Crippen molar-refractivity contribution >= 4 is 45.3 Å². The fourth-order valence-electron chi connectivity index (χ4n) is 2.61. The number of methoxy groups -OCH3 is 1. The molecule has 2 aromatic rings. The van der Waals surface area contributed by atoms with E-state index in [4.69, 9.17) is 17.0 Å². The molecule has 2 aromatic heterocycles. The number of carbonyl (C=O) groups is 1. The van der Waals surface area contributed by atoms with Crippen molar-refractivity contribution in [2.24, 2.45) is 7.05 Å². The van der Waals surface area contributed by atoms with Gasteiger partial charge in [0.2, 0.25) is 0 Å². The van der Waals surface area contributed by atoms with Crippen molar-refractivity contribution in [3.05, 3.63) is 27.4 Å². The Bertz CT molecular complexity index is 793. The van der Waals surface area contributed by atoms with Crippen LogP contribution in [-0.2, 0) is 18.2 Å². The van der Waals surface area contributed by atoms with Gasteiger partial charge in [0.05, 0.1) is 29.7 Å². The average Bonchev–Trinajstić information content (AvgIpc) is 2.97. The van der Waals surface area contributed by atoms with Crippen LogP contribution in [0.15, 0.2) is 0 Å². The van der Waals surface area contributed by atoms with Crippen LogP contribution in [0.5, 0.6) is 0 Å². The molecule has 2 rings (SSSR count). The molecule has 0 aromatic carbocycles. The van der Waals surface area contributed by atoms with Crippen molar-refractivity contribution < 1.29 is 9.53 Å². The van der Waals surface area contributed by atoms with Gasteiger partial charge >= 0.3 is 5.97 Å². The fourth-order valence-corrected chi connectivity index (χ4v) is 4.02. The van der Waals surface area contributed by atoms with Crippen molar-refractivity contribution in [3.63, 3.8) is 0 Å². The minimum absolute atomic E-state index is 0.352. The largest absolute Gasteiger partial charge is 0.465 e. The Morgan fingerprint density at radius 1 is 1.33 bits per heavy atom. The third-order valence-electron chi connectivity index (χ3n) is 3.93. The highest BCUT2D eigenvalue weighted by atomic mass is 32.1. The Balaban J connectivity index is 2.27. The number of hydrogen-bond donors (Lipinski definition) is 2. The van der Waals surface area contributed by atoms with Crippen LogP contribution < -0.4 is 10.6 Å². The zero-order chi connectivity index (χ0) is 18.0. The number of aromatic nitrogens is 2. The van der Waals surface area contributed by atoms with Gasteiger partial charge in [0.1, 0.15) is 5.00 Å². The first-order chi connectivity index (χ1) is 11.3. The molecule has 0 saturated carbocycles. The van der Waals surface area contributed by atoms with Crippen molar-refractivity contribution in [1.82, 2.24) is 9.78 Å². The Labute approximate surface area is 151 Å². The lowest BCUT2D eigenvalue weighted by atomic mass is 10.1. The molecule has 0 aliphatic heterocycles. The van der Waals surface area contributed by atoms with Gasteiger partial charge in [-0.05, 0) is 45.0 Å². The first-order valence-electron chi connectivity index (χ1n) is 7.58. The Hall–Kier alpha value is -1.93. The monoisotopic (exact) mass is 366 g/mol. The molecule has 130 valence electrons. The van der Waals surface area contributed by atoms with E-state index in [0.29, 0.717) is 15.7 Å². The van der Waals surface area contributed by atoms with Gasteiger partial charge in [-0.2, -0.15) is 5.10 Å². The van der Waals surface area contributed by atoms with E-state index in [1.165, 1.54) is 18.4 Å². The van der Waals surface area contributed by atoms with Crippen molar-refractivity contribution in [2.45, 2.75) is 34.1 Å². The van der Waals surface area contributed by atoms with Gasteiger partial charge in [0.15, 0.2) is 5.11 Å². The summed E-state index contributed by atoms with van der Waals surface area (Å²) in [5.41, 5.74) is 4.28. The number of nitrogens with zero attached hydrogens (tertiary/aromatic N) is 2. The molecular formula is C16H22N4O2S2. The highest BCUT2D eigenvalue weighted by Gasteiger charge is 2.22. The predicted octanol–water partition coefficient (Wildman–Crippen LogP) is 3.56. The minimum Gasteiger partial charge on any atom is -0.465 e. The topological polar surface area (TPSA) is 68.2 Å². The van der Waals surface area contributed by atoms with Crippen LogP contribution >= 0.6 is 23.6 Å². The molecule has 2 heterocycles. The zero-order valence-electron chi connectivity index (χ0n) is 14.7. The van der Waals surface area contributed by atoms with E-state index in [9.17, 15) is 4.79 Å². The van der Waals surface area contributed by atoms with E-state index in [1.54, 1.807) is 4.68 Å². The summed E-state index contributed by atoms with van der Waals surface area (Å²) in [6, 6.07) is 0. The number of anilines is 2. The van der Waals surface area contributed by atoms with Crippen LogP contribution in [0.2, 0.25) is 0 Å². The summed E-state index contributed by atoms with van der Waals surface area (Å²) in [5, 5.41) is 11.8. The van der Waals surface area contributed by atoms with E-state index in [0.717, 1.165) is 33.9 Å². The Kier molecular flexibility index (Phi) is 5.61. The first-order valence-corrected chi connectivity index (χ1v) is 8.81. The summed E-state index contributed by atoms with van der Waals surface area (Å²) in [4.78, 5) is 13.2. The normalized spacial score (nSPS) is 10.6. The summed E-state index contributed by atoms with van der Waals surface area (Å²) in [6.07, 6.45) is 0.759. The smallest absolute Gasteiger partial charge is 0.341 e. The summed E-state index contributed by atoms with van der Waals surface area (Å²) < 4.78 is 6.72. The fraction of sp³-hybridized carbons (Fsp3) is 0.438. The lowest BCUT2D eigenvalue weighted by Gasteiger charge is -2.11. The molecule has 0 saturated heterocycles. The molecule has 0 aliphatic rings. The molecule has 2 N–H and O–H groups in total. The van der Waals surface area contributed by atoms with Crippen LogP contribution in [0.4, 0.5) is 10.7 Å². The van der Waals surface area contributed by atoms with E-state index in [2.05, 4.69) is 15.7 Å². The van der Waals surface area contributed by atoms with E-state index < -0.39 is 0 Å². The maximum atomic E-state index is 12.1. The van der Waals surface area contributed by atoms with Crippen LogP contribution in [0.3, 0.4) is 0 Å². The standard InChI is InChI=1S/C16H22N4O2S2/c1-7-11-10(4)24-14(12(11)15(21)22-6)18-16(23)17-13-8(2)19-20(5)9(13)3/h7H2,1-6H3,(H2,17,18,23). The van der Waals surface area contributed by atoms with Gasteiger partial charge in [-0.15, -0.1) is 11.3 Å². The molecule has 0 spiro atoms. The van der Waals surface area contributed by atoms with Gasteiger partial charge in [-0.3, -0.25) is 4.68 Å². The first kappa shape index (κ1) is 18.4. The van der Waals surface area contributed by atoms with Gasteiger partial charge < -0.3 is 15.4 Å². The maximum absolute atomic E-state index is 12.1. The average molecular weight is 367 g/mol. The summed E-state index contributed by atoms with van der Waals surface area (Å²) >= 11 is 6.91. The summed E-state index contributed by atoms with van der Waals surface area (Å²) in [6.45, 7) is 7.90. The molecule has 6 nitrogen and oxygen atoms in total. The third-order valence-corrected chi connectivity index (χ3v) is 5.19. The lowest BCUT2D eigenvalue weighted by Crippen LogP contribution is -2.21. The Morgan fingerprint density at radius 2 is 2.00 bits per heavy atom. The second kappa shape index (κ2) is 7.31. The number of carbonyl (C=O) groups excluding carboxylic acids is 1. The van der Waals surface area contributed by atoms with Gasteiger partial charge in [-0.25, -0.2) is 4.79 Å². The van der Waals surface area contributed by atoms with E-state index in [-0.39, 0.29) is 5.97 Å². The number of aryl methyl sites for hydroxylation is 3. The quantitative estimate of drug-likeness (QED) is 0.637. The number of hydrogen-bond acceptors (Lipinski definition) is 5. The predicted molar refractivity (Wildman–Crippen MR) is 102 cm³/mol. The number of thiocarbonyl (C=S) groups is 1. The van der Waals surface area contributed by atoms with Gasteiger partial charge in [0, 0.05) is 11.9 Å². The SMILES string of the molecule is CCc1c(C)sc(NC(=S)Nc2c(C)nn(C)c2C)c1C(=O)OC. The van der Waals surface area contributed by atoms with Crippen molar-refractivity contribution in [2.75, 3.05) is 17.7 Å². The molecule has 0 bridgehead atoms. The van der Waals surface area contributed by atoms with Crippen LogP contribution in [0, 0.1) is 20.8 Å². The molecular weight excluding hydrogens is 344 g/mol. The molecule has 0 aliphatic carbocycles. The van der Waals surface area contributed by atoms with Crippen molar-refractivity contribution in [1.29, 1.82) is 0 Å². The summed E-state index contributed by atoms with van der Waals surface area (Å²) in [5.74, 6) is -0.352. The number of rotatable bonds is 4. The Morgan fingerprint density at radius 3 is 2.50 bits per heavy atom. The number of esters is 1. The second-order valence-electron chi connectivity index (χ2n) is 5.43. The van der Waals surface area contributed by atoms with E-state index in [1.807, 2.05) is 34.7 Å². The number of nitrogens with one attached hydrogen (secondary N) is 2. The highest BCUT2D eigenvalue weighted by Crippen LogP contribution is 2.34. The molecule has 24 heavy (non-hydrogen) atoms. The van der Waals surface area contributed by atoms with Crippen LogP contribution in [0.25, 0.3) is 0 Å². The van der Waals surface area contributed by atoms with Gasteiger partial charge in [-0.1, -0.05) is 6.92 Å². The maximum Gasteiger partial charge on any atom is 0.341 e. The van der Waals surface area contributed by atoms with Gasteiger partial charge in [0.25, 0.3) is 0 Å². The summed E-state index contributed by atoms with van der Waals surface area (Å²) in [7, 11) is 3.27. The minimum atomic E-state index is -0.352. The molecule has 0 unspecified atom stereocenters. The van der Waals surface area contributed by atoms with Crippen molar-refractivity contribution in [3.8, 4) is 0 Å². The molecule has 0 atom stereocenters. The van der Waals surface area contributed by atoms with Crippen LogP contribution in [-0.4, -0.2) is 28.0 Å². The molecule has 8 heteroatoms. The molecule has 0 radical (unpaired) electrons. The lowest BCUT2D eigenvalue weighted by molar-refractivity contribution is 0.0601. The third kappa shape index (κ3) is 3.44. The molecule has 0 amide bonds. The van der Waals surface area contributed by atoms with Crippen LogP contribution in [0.1, 0.15) is 39.1 Å².